The van der Waals surface area contributed by atoms with Gasteiger partial charge in [0.15, 0.2) is 0 Å². The summed E-state index contributed by atoms with van der Waals surface area (Å²) in [5.74, 6) is 1.81. The SMILES string of the molecule is Cc1nc2nc(C3CC3)[nH]n2c(=O)c1NS(=O)(=O)c1ccc(C2CCCCC2)cc1. The van der Waals surface area contributed by atoms with Crippen molar-refractivity contribution in [2.75, 3.05) is 4.72 Å². The van der Waals surface area contributed by atoms with Crippen molar-refractivity contribution < 1.29 is 8.42 Å². The number of aryl methyl sites for hydroxylation is 1. The fourth-order valence-electron chi connectivity index (χ4n) is 4.24. The lowest BCUT2D eigenvalue weighted by atomic mass is 9.84. The molecule has 158 valence electrons. The fourth-order valence-corrected chi connectivity index (χ4v) is 5.36. The number of H-pyrrole nitrogens is 1. The van der Waals surface area contributed by atoms with Crippen molar-refractivity contribution in [3.8, 4) is 0 Å². The van der Waals surface area contributed by atoms with Gasteiger partial charge in [-0.25, -0.2) is 13.4 Å². The molecule has 8 nitrogen and oxygen atoms in total. The van der Waals surface area contributed by atoms with Gasteiger partial charge in [-0.1, -0.05) is 31.4 Å². The molecule has 0 unspecified atom stereocenters. The molecule has 0 bridgehead atoms. The summed E-state index contributed by atoms with van der Waals surface area (Å²) >= 11 is 0. The second kappa shape index (κ2) is 7.23. The van der Waals surface area contributed by atoms with Gasteiger partial charge in [-0.05, 0) is 56.2 Å². The van der Waals surface area contributed by atoms with E-state index in [1.165, 1.54) is 29.3 Å². The maximum Gasteiger partial charge on any atom is 0.298 e. The average molecular weight is 428 g/mol. The van der Waals surface area contributed by atoms with Gasteiger partial charge in [0.1, 0.15) is 11.5 Å². The first-order valence-electron chi connectivity index (χ1n) is 10.5. The van der Waals surface area contributed by atoms with Crippen molar-refractivity contribution in [3.05, 3.63) is 51.7 Å². The molecule has 2 aromatic heterocycles. The minimum absolute atomic E-state index is 0.0603. The van der Waals surface area contributed by atoms with Crippen LogP contribution in [0.2, 0.25) is 0 Å². The second-order valence-electron chi connectivity index (χ2n) is 8.41. The van der Waals surface area contributed by atoms with Crippen molar-refractivity contribution in [2.45, 2.75) is 68.6 Å². The van der Waals surface area contributed by atoms with Crippen LogP contribution in [0.3, 0.4) is 0 Å². The first-order valence-corrected chi connectivity index (χ1v) is 12.0. The lowest BCUT2D eigenvalue weighted by Crippen LogP contribution is -2.25. The molecule has 0 radical (unpaired) electrons. The summed E-state index contributed by atoms with van der Waals surface area (Å²) in [6, 6.07) is 7.02. The van der Waals surface area contributed by atoms with Crippen LogP contribution < -0.4 is 10.3 Å². The third-order valence-electron chi connectivity index (χ3n) is 6.16. The second-order valence-corrected chi connectivity index (χ2v) is 10.1. The molecule has 2 saturated carbocycles. The molecule has 2 N–H and O–H groups in total. The van der Waals surface area contributed by atoms with Crippen molar-refractivity contribution in [1.82, 2.24) is 19.6 Å². The molecular weight excluding hydrogens is 402 g/mol. The van der Waals surface area contributed by atoms with Crippen LogP contribution in [0.4, 0.5) is 5.69 Å². The van der Waals surface area contributed by atoms with E-state index < -0.39 is 15.6 Å². The largest absolute Gasteiger partial charge is 0.298 e. The lowest BCUT2D eigenvalue weighted by Gasteiger charge is -2.22. The highest BCUT2D eigenvalue weighted by molar-refractivity contribution is 7.92. The molecule has 0 spiro atoms. The van der Waals surface area contributed by atoms with Gasteiger partial charge in [-0.15, -0.1) is 0 Å². The molecule has 2 fully saturated rings. The number of nitrogens with one attached hydrogen (secondary N) is 2. The Balaban J connectivity index is 1.44. The number of anilines is 1. The smallest absolute Gasteiger partial charge is 0.275 e. The third-order valence-corrected chi connectivity index (χ3v) is 7.53. The van der Waals surface area contributed by atoms with Crippen LogP contribution in [-0.2, 0) is 10.0 Å². The van der Waals surface area contributed by atoms with Crippen molar-refractivity contribution >= 4 is 21.5 Å². The van der Waals surface area contributed by atoms with Crippen LogP contribution in [0, 0.1) is 6.92 Å². The maximum atomic E-state index is 12.9. The van der Waals surface area contributed by atoms with Crippen LogP contribution in [0.5, 0.6) is 0 Å². The predicted octanol–water partition coefficient (Wildman–Crippen LogP) is 3.45. The predicted molar refractivity (Wildman–Crippen MR) is 113 cm³/mol. The molecule has 2 aliphatic rings. The summed E-state index contributed by atoms with van der Waals surface area (Å²) < 4.78 is 29.5. The van der Waals surface area contributed by atoms with Gasteiger partial charge in [0.2, 0.25) is 0 Å². The van der Waals surface area contributed by atoms with Crippen molar-refractivity contribution in [2.24, 2.45) is 0 Å². The lowest BCUT2D eigenvalue weighted by molar-refractivity contribution is 0.443. The molecular formula is C21H25N5O3S. The van der Waals surface area contributed by atoms with Gasteiger partial charge in [0.05, 0.1) is 10.6 Å². The Labute approximate surface area is 174 Å². The quantitative estimate of drug-likeness (QED) is 0.648. The number of fused-ring (bicyclic) bond motifs is 1. The van der Waals surface area contributed by atoms with Crippen LogP contribution in [-0.4, -0.2) is 28.0 Å². The Morgan fingerprint density at radius 1 is 1.00 bits per heavy atom. The van der Waals surface area contributed by atoms with Crippen molar-refractivity contribution in [1.29, 1.82) is 0 Å². The monoisotopic (exact) mass is 427 g/mol. The number of nitrogens with zero attached hydrogens (tertiary/aromatic N) is 3. The van der Waals surface area contributed by atoms with E-state index in [1.54, 1.807) is 19.1 Å². The molecule has 1 aromatic carbocycles. The zero-order valence-corrected chi connectivity index (χ0v) is 17.7. The topological polar surface area (TPSA) is 109 Å². The van der Waals surface area contributed by atoms with Gasteiger partial charge in [0, 0.05) is 5.92 Å². The van der Waals surface area contributed by atoms with Crippen LogP contribution in [0.15, 0.2) is 34.0 Å². The molecule has 5 rings (SSSR count). The van der Waals surface area contributed by atoms with Crippen LogP contribution in [0.1, 0.15) is 73.9 Å². The Kier molecular flexibility index (Phi) is 4.65. The number of benzene rings is 1. The van der Waals surface area contributed by atoms with Gasteiger partial charge < -0.3 is 0 Å². The van der Waals surface area contributed by atoms with E-state index in [2.05, 4.69) is 19.8 Å². The summed E-state index contributed by atoms with van der Waals surface area (Å²) in [7, 11) is -3.91. The number of rotatable bonds is 5. The molecule has 3 aromatic rings. The zero-order valence-electron chi connectivity index (χ0n) is 16.9. The molecule has 0 aliphatic heterocycles. The molecule has 2 heterocycles. The van der Waals surface area contributed by atoms with E-state index in [1.807, 2.05) is 12.1 Å². The number of hydrogen-bond donors (Lipinski definition) is 2. The van der Waals surface area contributed by atoms with Crippen molar-refractivity contribution in [3.63, 3.8) is 0 Å². The number of aromatic nitrogens is 4. The number of aromatic amines is 1. The normalized spacial score (nSPS) is 18.0. The summed E-state index contributed by atoms with van der Waals surface area (Å²) in [6.45, 7) is 1.61. The van der Waals surface area contributed by atoms with E-state index in [9.17, 15) is 13.2 Å². The molecule has 0 saturated heterocycles. The average Bonchev–Trinajstić information content (AvgIpc) is 3.52. The first kappa shape index (κ1) is 19.3. The standard InChI is InChI=1S/C21H25N5O3S/c1-13-18(20(27)26-21(22-13)23-19(24-26)16-7-8-16)25-30(28,29)17-11-9-15(10-12-17)14-5-3-2-4-6-14/h9-12,14,16,25H,2-8H2,1H3,(H,22,23,24). The van der Waals surface area contributed by atoms with Gasteiger partial charge in [-0.2, -0.15) is 9.50 Å². The van der Waals surface area contributed by atoms with E-state index in [4.69, 9.17) is 0 Å². The highest BCUT2D eigenvalue weighted by Crippen LogP contribution is 2.38. The summed E-state index contributed by atoms with van der Waals surface area (Å²) in [5.41, 5.74) is 0.920. The van der Waals surface area contributed by atoms with E-state index in [-0.39, 0.29) is 16.4 Å². The zero-order chi connectivity index (χ0) is 20.9. The molecule has 0 amide bonds. The molecule has 9 heteroatoms. The number of hydrogen-bond acceptors (Lipinski definition) is 5. The minimum Gasteiger partial charge on any atom is -0.275 e. The van der Waals surface area contributed by atoms with Gasteiger partial charge >= 0.3 is 0 Å². The summed E-state index contributed by atoms with van der Waals surface area (Å²) in [4.78, 5) is 21.7. The maximum absolute atomic E-state index is 12.9. The van der Waals surface area contributed by atoms with Crippen LogP contribution >= 0.6 is 0 Å². The highest BCUT2D eigenvalue weighted by atomic mass is 32.2. The summed E-state index contributed by atoms with van der Waals surface area (Å²) in [5, 5.41) is 2.96. The molecule has 0 atom stereocenters. The van der Waals surface area contributed by atoms with Gasteiger partial charge in [0.25, 0.3) is 21.4 Å². The Hall–Kier alpha value is -2.68. The highest BCUT2D eigenvalue weighted by Gasteiger charge is 2.28. The molecule has 2 aliphatic carbocycles. The first-order chi connectivity index (χ1) is 14.4. The van der Waals surface area contributed by atoms with E-state index in [0.717, 1.165) is 31.5 Å². The van der Waals surface area contributed by atoms with E-state index in [0.29, 0.717) is 17.5 Å². The number of sulfonamides is 1. The Morgan fingerprint density at radius 3 is 2.37 bits per heavy atom. The van der Waals surface area contributed by atoms with E-state index >= 15 is 0 Å². The third kappa shape index (κ3) is 3.51. The Morgan fingerprint density at radius 2 is 1.70 bits per heavy atom. The Bertz CT molecular complexity index is 1250. The van der Waals surface area contributed by atoms with Gasteiger partial charge in [-0.3, -0.25) is 14.6 Å². The minimum atomic E-state index is -3.91. The summed E-state index contributed by atoms with van der Waals surface area (Å²) in [6.07, 6.45) is 8.09. The molecule has 30 heavy (non-hydrogen) atoms. The fraction of sp³-hybridized carbons (Fsp3) is 0.476. The van der Waals surface area contributed by atoms with Crippen LogP contribution in [0.25, 0.3) is 5.78 Å².